The first-order chi connectivity index (χ1) is 6.83. The summed E-state index contributed by atoms with van der Waals surface area (Å²) in [7, 11) is 1.65. The highest BCUT2D eigenvalue weighted by Crippen LogP contribution is 2.24. The molecule has 0 unspecified atom stereocenters. The lowest BCUT2D eigenvalue weighted by Gasteiger charge is -2.03. The number of methoxy groups -OCH3 is 1. The molecule has 0 saturated carbocycles. The van der Waals surface area contributed by atoms with Crippen molar-refractivity contribution in [3.63, 3.8) is 0 Å². The van der Waals surface area contributed by atoms with Gasteiger partial charge in [-0.2, -0.15) is 0 Å². The van der Waals surface area contributed by atoms with Crippen LogP contribution in [0, 0.1) is 0 Å². The first-order valence-corrected chi connectivity index (χ1v) is 5.00. The molecule has 14 heavy (non-hydrogen) atoms. The van der Waals surface area contributed by atoms with Crippen molar-refractivity contribution in [2.45, 2.75) is 4.90 Å². The van der Waals surface area contributed by atoms with E-state index in [2.05, 4.69) is 0 Å². The highest BCUT2D eigenvalue weighted by atomic mass is 32.2. The Morgan fingerprint density at radius 3 is 2.50 bits per heavy atom. The zero-order valence-corrected chi connectivity index (χ0v) is 8.54. The molecule has 0 atom stereocenters. The van der Waals surface area contributed by atoms with E-state index in [1.54, 1.807) is 7.11 Å². The van der Waals surface area contributed by atoms with Crippen molar-refractivity contribution >= 4 is 22.8 Å². The molecule has 0 amide bonds. The summed E-state index contributed by atoms with van der Waals surface area (Å²) in [5, 5.41) is 2.21. The van der Waals surface area contributed by atoms with Gasteiger partial charge >= 0.3 is 0 Å². The van der Waals surface area contributed by atoms with Crippen molar-refractivity contribution in [3.8, 4) is 5.75 Å². The van der Waals surface area contributed by atoms with Gasteiger partial charge < -0.3 is 9.29 Å². The first kappa shape index (κ1) is 9.37. The fourth-order valence-corrected chi connectivity index (χ4v) is 1.69. The summed E-state index contributed by atoms with van der Waals surface area (Å²) < 4.78 is 14.0. The van der Waals surface area contributed by atoms with Gasteiger partial charge in [0.15, 0.2) is 0 Å². The second kappa shape index (κ2) is 3.90. The zero-order valence-electron chi connectivity index (χ0n) is 7.73. The summed E-state index contributed by atoms with van der Waals surface area (Å²) >= 11 is 0.762. The Labute approximate surface area is 86.7 Å². The molecule has 2 aromatic carbocycles. The molecular weight excluding hydrogens is 196 g/mol. The number of hydrogen-bond donors (Lipinski definition) is 1. The molecule has 0 bridgehead atoms. The minimum atomic E-state index is 0.762. The Bertz CT molecular complexity index is 411. The molecule has 3 heteroatoms. The number of hydrogen-bond acceptors (Lipinski definition) is 3. The summed E-state index contributed by atoms with van der Waals surface area (Å²) in [6, 6.07) is 11.7. The molecule has 2 nitrogen and oxygen atoms in total. The lowest BCUT2D eigenvalue weighted by Crippen LogP contribution is -1.82. The molecule has 2 aromatic rings. The summed E-state index contributed by atoms with van der Waals surface area (Å²) in [6.07, 6.45) is 0. The summed E-state index contributed by atoms with van der Waals surface area (Å²) in [5.41, 5.74) is 0. The summed E-state index contributed by atoms with van der Waals surface area (Å²) in [5.74, 6) is 0.849. The molecule has 0 aliphatic rings. The van der Waals surface area contributed by atoms with Crippen LogP contribution in [0.2, 0.25) is 0 Å². The SMILES string of the molecule is COc1ccc2cc(SO)ccc2c1. The van der Waals surface area contributed by atoms with Crippen LogP contribution in [-0.2, 0) is 0 Å². The van der Waals surface area contributed by atoms with Crippen LogP contribution in [0.4, 0.5) is 0 Å². The lowest BCUT2D eigenvalue weighted by molar-refractivity contribution is 0.415. The van der Waals surface area contributed by atoms with Gasteiger partial charge in [0.2, 0.25) is 0 Å². The van der Waals surface area contributed by atoms with Crippen molar-refractivity contribution in [2.75, 3.05) is 7.11 Å². The van der Waals surface area contributed by atoms with Crippen LogP contribution in [0.25, 0.3) is 10.8 Å². The fourth-order valence-electron chi connectivity index (χ4n) is 1.39. The Balaban J connectivity index is 2.57. The average molecular weight is 206 g/mol. The van der Waals surface area contributed by atoms with Gasteiger partial charge in [-0.1, -0.05) is 12.1 Å². The quantitative estimate of drug-likeness (QED) is 0.763. The van der Waals surface area contributed by atoms with Gasteiger partial charge in [0.25, 0.3) is 0 Å². The second-order valence-corrected chi connectivity index (χ2v) is 3.62. The van der Waals surface area contributed by atoms with Crippen molar-refractivity contribution < 1.29 is 9.29 Å². The Hall–Kier alpha value is -1.19. The van der Waals surface area contributed by atoms with Crippen LogP contribution in [0.1, 0.15) is 0 Å². The Morgan fingerprint density at radius 1 is 1.07 bits per heavy atom. The van der Waals surface area contributed by atoms with Gasteiger partial charge in [-0.3, -0.25) is 0 Å². The van der Waals surface area contributed by atoms with E-state index in [0.29, 0.717) is 0 Å². The molecule has 72 valence electrons. The summed E-state index contributed by atoms with van der Waals surface area (Å²) in [6.45, 7) is 0. The van der Waals surface area contributed by atoms with Gasteiger partial charge in [0.1, 0.15) is 5.75 Å². The third kappa shape index (κ3) is 1.69. The minimum absolute atomic E-state index is 0.762. The molecule has 0 heterocycles. The molecule has 0 fully saturated rings. The fraction of sp³-hybridized carbons (Fsp3) is 0.0909. The standard InChI is InChI=1S/C11H10O2S/c1-13-10-4-2-9-7-11(14-12)5-3-8(9)6-10/h2-7,12H,1H3. The molecule has 0 aliphatic heterocycles. The molecule has 0 aliphatic carbocycles. The number of fused-ring (bicyclic) bond motifs is 1. The normalized spacial score (nSPS) is 10.4. The maximum Gasteiger partial charge on any atom is 0.119 e. The third-order valence-corrected chi connectivity index (χ3v) is 2.59. The van der Waals surface area contributed by atoms with Crippen molar-refractivity contribution in [3.05, 3.63) is 36.4 Å². The molecule has 0 aromatic heterocycles. The maximum atomic E-state index is 8.89. The van der Waals surface area contributed by atoms with Crippen molar-refractivity contribution in [2.24, 2.45) is 0 Å². The highest BCUT2D eigenvalue weighted by molar-refractivity contribution is 7.93. The van der Waals surface area contributed by atoms with E-state index in [1.807, 2.05) is 36.4 Å². The molecule has 0 radical (unpaired) electrons. The molecule has 0 spiro atoms. The number of benzene rings is 2. The van der Waals surface area contributed by atoms with Crippen LogP contribution in [-0.4, -0.2) is 11.7 Å². The highest BCUT2D eigenvalue weighted by Gasteiger charge is 1.98. The molecular formula is C11H10O2S. The predicted molar refractivity (Wildman–Crippen MR) is 59.0 cm³/mol. The molecule has 0 saturated heterocycles. The predicted octanol–water partition coefficient (Wildman–Crippen LogP) is 3.41. The molecule has 2 rings (SSSR count). The third-order valence-electron chi connectivity index (χ3n) is 2.12. The average Bonchev–Trinajstić information content (AvgIpc) is 2.27. The van der Waals surface area contributed by atoms with E-state index in [9.17, 15) is 0 Å². The Morgan fingerprint density at radius 2 is 1.79 bits per heavy atom. The van der Waals surface area contributed by atoms with E-state index in [-0.39, 0.29) is 0 Å². The lowest BCUT2D eigenvalue weighted by atomic mass is 10.1. The van der Waals surface area contributed by atoms with Gasteiger partial charge in [-0.25, -0.2) is 0 Å². The van der Waals surface area contributed by atoms with Crippen LogP contribution in [0.15, 0.2) is 41.3 Å². The number of rotatable bonds is 2. The van der Waals surface area contributed by atoms with E-state index in [0.717, 1.165) is 33.5 Å². The minimum Gasteiger partial charge on any atom is -0.497 e. The van der Waals surface area contributed by atoms with E-state index >= 15 is 0 Å². The van der Waals surface area contributed by atoms with Gasteiger partial charge in [-0.05, 0) is 35.0 Å². The summed E-state index contributed by atoms with van der Waals surface area (Å²) in [4.78, 5) is 0.850. The largest absolute Gasteiger partial charge is 0.497 e. The van der Waals surface area contributed by atoms with Gasteiger partial charge in [-0.15, -0.1) is 0 Å². The monoisotopic (exact) mass is 206 g/mol. The van der Waals surface area contributed by atoms with Crippen LogP contribution < -0.4 is 4.74 Å². The van der Waals surface area contributed by atoms with Crippen molar-refractivity contribution in [1.82, 2.24) is 0 Å². The smallest absolute Gasteiger partial charge is 0.119 e. The van der Waals surface area contributed by atoms with E-state index in [4.69, 9.17) is 9.29 Å². The first-order valence-electron chi connectivity index (χ1n) is 4.23. The van der Waals surface area contributed by atoms with Crippen LogP contribution in [0.3, 0.4) is 0 Å². The van der Waals surface area contributed by atoms with Crippen LogP contribution >= 0.6 is 12.0 Å². The van der Waals surface area contributed by atoms with E-state index in [1.165, 1.54) is 0 Å². The Kier molecular flexibility index (Phi) is 2.61. The topological polar surface area (TPSA) is 29.5 Å². The van der Waals surface area contributed by atoms with Gasteiger partial charge in [0.05, 0.1) is 7.11 Å². The maximum absolute atomic E-state index is 8.89. The second-order valence-electron chi connectivity index (χ2n) is 2.97. The van der Waals surface area contributed by atoms with Crippen molar-refractivity contribution in [1.29, 1.82) is 0 Å². The molecule has 1 N–H and O–H groups in total. The zero-order chi connectivity index (χ0) is 9.97. The van der Waals surface area contributed by atoms with Crippen LogP contribution in [0.5, 0.6) is 5.75 Å². The van der Waals surface area contributed by atoms with Gasteiger partial charge in [0, 0.05) is 16.9 Å². The van der Waals surface area contributed by atoms with E-state index < -0.39 is 0 Å². The number of ether oxygens (including phenoxy) is 1.